The topological polar surface area (TPSA) is 68.0 Å². The van der Waals surface area contributed by atoms with Gasteiger partial charge in [-0.2, -0.15) is 0 Å². The fraction of sp³-hybridized carbons (Fsp3) is 0.500. The first-order valence-corrected chi connectivity index (χ1v) is 4.98. The van der Waals surface area contributed by atoms with Crippen LogP contribution in [0.25, 0.3) is 0 Å². The van der Waals surface area contributed by atoms with Crippen LogP contribution < -0.4 is 11.1 Å². The number of nitrogens with two attached hydrogens (primary N) is 1. The van der Waals surface area contributed by atoms with E-state index in [2.05, 4.69) is 10.3 Å². The number of carbonyl (C=O) groups is 1. The van der Waals surface area contributed by atoms with Crippen molar-refractivity contribution in [3.05, 3.63) is 16.1 Å². The molecule has 0 fully saturated rings. The van der Waals surface area contributed by atoms with E-state index in [1.165, 1.54) is 0 Å². The molecule has 0 aliphatic heterocycles. The van der Waals surface area contributed by atoms with E-state index in [0.717, 1.165) is 10.7 Å². The van der Waals surface area contributed by atoms with Gasteiger partial charge in [-0.25, -0.2) is 4.98 Å². The molecule has 0 saturated carbocycles. The number of aryl methyl sites for hydroxylation is 1. The first kappa shape index (κ1) is 10.1. The lowest BCUT2D eigenvalue weighted by Gasteiger charge is -2.00. The second kappa shape index (κ2) is 4.94. The van der Waals surface area contributed by atoms with Gasteiger partial charge in [-0.1, -0.05) is 0 Å². The molecule has 3 N–H and O–H groups in total. The molecule has 1 heterocycles. The molecular formula is C8H13N3OS. The molecule has 0 atom stereocenters. The minimum atomic E-state index is -0.0182. The summed E-state index contributed by atoms with van der Waals surface area (Å²) >= 11 is 1.55. The average molecular weight is 199 g/mol. The summed E-state index contributed by atoms with van der Waals surface area (Å²) in [6.07, 6.45) is 0.379. The standard InChI is InChI=1S/C8H13N3OS/c1-6-5-13-8(11-6)4-10-7(12)2-3-9/h5H,2-4,9H2,1H3,(H,10,12). The van der Waals surface area contributed by atoms with Crippen LogP contribution in [0.1, 0.15) is 17.1 Å². The summed E-state index contributed by atoms with van der Waals surface area (Å²) in [4.78, 5) is 15.2. The summed E-state index contributed by atoms with van der Waals surface area (Å²) < 4.78 is 0. The Hall–Kier alpha value is -0.940. The second-order valence-electron chi connectivity index (χ2n) is 2.70. The van der Waals surface area contributed by atoms with Gasteiger partial charge in [0.1, 0.15) is 5.01 Å². The van der Waals surface area contributed by atoms with Crippen LogP contribution in [0.5, 0.6) is 0 Å². The highest BCUT2D eigenvalue weighted by atomic mass is 32.1. The van der Waals surface area contributed by atoms with Crippen molar-refractivity contribution in [3.63, 3.8) is 0 Å². The van der Waals surface area contributed by atoms with Crippen molar-refractivity contribution in [3.8, 4) is 0 Å². The van der Waals surface area contributed by atoms with Gasteiger partial charge in [0.05, 0.1) is 6.54 Å². The fourth-order valence-electron chi connectivity index (χ4n) is 0.878. The van der Waals surface area contributed by atoms with E-state index in [1.807, 2.05) is 12.3 Å². The third-order valence-corrected chi connectivity index (χ3v) is 2.44. The predicted octanol–water partition coefficient (Wildman–Crippen LogP) is 0.417. The van der Waals surface area contributed by atoms with Crippen molar-refractivity contribution < 1.29 is 4.79 Å². The molecule has 13 heavy (non-hydrogen) atoms. The van der Waals surface area contributed by atoms with Crippen LogP contribution in [0.3, 0.4) is 0 Å². The molecule has 5 heteroatoms. The van der Waals surface area contributed by atoms with Gasteiger partial charge in [0.2, 0.25) is 5.91 Å². The van der Waals surface area contributed by atoms with Crippen molar-refractivity contribution in [1.82, 2.24) is 10.3 Å². The van der Waals surface area contributed by atoms with Gasteiger partial charge in [-0.05, 0) is 6.92 Å². The summed E-state index contributed by atoms with van der Waals surface area (Å²) in [5.41, 5.74) is 6.22. The maximum atomic E-state index is 11.0. The van der Waals surface area contributed by atoms with Gasteiger partial charge >= 0.3 is 0 Å². The number of nitrogens with zero attached hydrogens (tertiary/aromatic N) is 1. The molecule has 0 unspecified atom stereocenters. The molecule has 72 valence electrons. The Balaban J connectivity index is 2.30. The molecule has 1 amide bonds. The number of rotatable bonds is 4. The zero-order chi connectivity index (χ0) is 9.68. The van der Waals surface area contributed by atoms with Crippen molar-refractivity contribution in [2.45, 2.75) is 19.9 Å². The lowest BCUT2D eigenvalue weighted by molar-refractivity contribution is -0.121. The Morgan fingerprint density at radius 1 is 1.77 bits per heavy atom. The van der Waals surface area contributed by atoms with Crippen LogP contribution in [-0.4, -0.2) is 17.4 Å². The van der Waals surface area contributed by atoms with Crippen molar-refractivity contribution in [2.24, 2.45) is 5.73 Å². The zero-order valence-corrected chi connectivity index (χ0v) is 8.36. The monoisotopic (exact) mass is 199 g/mol. The van der Waals surface area contributed by atoms with E-state index >= 15 is 0 Å². The molecule has 4 nitrogen and oxygen atoms in total. The first-order valence-electron chi connectivity index (χ1n) is 4.10. The minimum absolute atomic E-state index is 0.0182. The lowest BCUT2D eigenvalue weighted by atomic mass is 10.4. The molecule has 0 aromatic carbocycles. The Bertz CT molecular complexity index is 285. The third-order valence-electron chi connectivity index (χ3n) is 1.47. The predicted molar refractivity (Wildman–Crippen MR) is 52.4 cm³/mol. The van der Waals surface area contributed by atoms with Crippen LogP contribution in [-0.2, 0) is 11.3 Å². The summed E-state index contributed by atoms with van der Waals surface area (Å²) in [5, 5.41) is 5.64. The molecule has 0 radical (unpaired) electrons. The van der Waals surface area contributed by atoms with Crippen LogP contribution in [0.2, 0.25) is 0 Å². The Morgan fingerprint density at radius 3 is 3.08 bits per heavy atom. The minimum Gasteiger partial charge on any atom is -0.350 e. The molecule has 0 aliphatic carbocycles. The van der Waals surface area contributed by atoms with Crippen LogP contribution in [0, 0.1) is 6.92 Å². The van der Waals surface area contributed by atoms with Gasteiger partial charge in [0.15, 0.2) is 0 Å². The number of hydrogen-bond acceptors (Lipinski definition) is 4. The van der Waals surface area contributed by atoms with Crippen molar-refractivity contribution in [1.29, 1.82) is 0 Å². The second-order valence-corrected chi connectivity index (χ2v) is 3.64. The Kier molecular flexibility index (Phi) is 3.85. The van der Waals surface area contributed by atoms with Crippen LogP contribution in [0.4, 0.5) is 0 Å². The summed E-state index contributed by atoms with van der Waals surface area (Å²) in [6.45, 7) is 2.84. The quantitative estimate of drug-likeness (QED) is 0.738. The summed E-state index contributed by atoms with van der Waals surface area (Å²) in [7, 11) is 0. The van der Waals surface area contributed by atoms with Gasteiger partial charge in [-0.15, -0.1) is 11.3 Å². The third kappa shape index (κ3) is 3.52. The molecule has 0 spiro atoms. The molecule has 1 aromatic heterocycles. The molecule has 1 aromatic rings. The largest absolute Gasteiger partial charge is 0.350 e. The maximum absolute atomic E-state index is 11.0. The molecule has 0 aliphatic rings. The van der Waals surface area contributed by atoms with E-state index in [-0.39, 0.29) is 5.91 Å². The van der Waals surface area contributed by atoms with E-state index in [9.17, 15) is 4.79 Å². The Labute approximate surface area is 81.2 Å². The van der Waals surface area contributed by atoms with Gasteiger partial charge in [-0.3, -0.25) is 4.79 Å². The lowest BCUT2D eigenvalue weighted by Crippen LogP contribution is -2.24. The van der Waals surface area contributed by atoms with E-state index in [4.69, 9.17) is 5.73 Å². The van der Waals surface area contributed by atoms with Crippen molar-refractivity contribution in [2.75, 3.05) is 6.54 Å². The van der Waals surface area contributed by atoms with Crippen LogP contribution >= 0.6 is 11.3 Å². The molecule has 1 rings (SSSR count). The number of amides is 1. The van der Waals surface area contributed by atoms with Gasteiger partial charge in [0, 0.05) is 24.0 Å². The van der Waals surface area contributed by atoms with Gasteiger partial charge < -0.3 is 11.1 Å². The number of carbonyl (C=O) groups excluding carboxylic acids is 1. The van der Waals surface area contributed by atoms with E-state index in [1.54, 1.807) is 11.3 Å². The van der Waals surface area contributed by atoms with E-state index < -0.39 is 0 Å². The first-order chi connectivity index (χ1) is 6.22. The highest BCUT2D eigenvalue weighted by Crippen LogP contribution is 2.07. The SMILES string of the molecule is Cc1csc(CNC(=O)CCN)n1. The number of thiazole rings is 1. The maximum Gasteiger partial charge on any atom is 0.221 e. The Morgan fingerprint density at radius 2 is 2.54 bits per heavy atom. The fourth-order valence-corrected chi connectivity index (χ4v) is 1.59. The average Bonchev–Trinajstić information content (AvgIpc) is 2.49. The molecule has 0 bridgehead atoms. The van der Waals surface area contributed by atoms with E-state index in [0.29, 0.717) is 19.5 Å². The normalized spacial score (nSPS) is 10.0. The number of hydrogen-bond donors (Lipinski definition) is 2. The van der Waals surface area contributed by atoms with Crippen molar-refractivity contribution >= 4 is 17.2 Å². The molecular weight excluding hydrogens is 186 g/mol. The number of aromatic nitrogens is 1. The highest BCUT2D eigenvalue weighted by molar-refractivity contribution is 7.09. The smallest absolute Gasteiger partial charge is 0.221 e. The summed E-state index contributed by atoms with van der Waals surface area (Å²) in [5.74, 6) is -0.0182. The number of nitrogens with one attached hydrogen (secondary N) is 1. The summed E-state index contributed by atoms with van der Waals surface area (Å²) in [6, 6.07) is 0. The van der Waals surface area contributed by atoms with Gasteiger partial charge in [0.25, 0.3) is 0 Å². The molecule has 0 saturated heterocycles. The zero-order valence-electron chi connectivity index (χ0n) is 7.54. The highest BCUT2D eigenvalue weighted by Gasteiger charge is 2.01. The van der Waals surface area contributed by atoms with Crippen LogP contribution in [0.15, 0.2) is 5.38 Å².